The van der Waals surface area contributed by atoms with Gasteiger partial charge in [0, 0.05) is 20.1 Å². The Morgan fingerprint density at radius 2 is 1.66 bits per heavy atom. The SMILES string of the molecule is CCOc1cc(CCCNC(=NC)NCCc2ccccc2OC)ccc1OC. The van der Waals surface area contributed by atoms with E-state index in [0.29, 0.717) is 6.61 Å². The minimum absolute atomic E-state index is 0.623. The number of methoxy groups -OCH3 is 2. The van der Waals surface area contributed by atoms with E-state index in [9.17, 15) is 0 Å². The molecule has 0 aliphatic carbocycles. The maximum absolute atomic E-state index is 5.65. The van der Waals surface area contributed by atoms with Gasteiger partial charge in [0.15, 0.2) is 17.5 Å². The van der Waals surface area contributed by atoms with Gasteiger partial charge in [0.25, 0.3) is 0 Å². The third kappa shape index (κ3) is 7.22. The number of rotatable bonds is 11. The summed E-state index contributed by atoms with van der Waals surface area (Å²) < 4.78 is 16.4. The Labute approximate surface area is 174 Å². The normalized spacial score (nSPS) is 11.1. The summed E-state index contributed by atoms with van der Waals surface area (Å²) in [5.41, 5.74) is 2.41. The lowest BCUT2D eigenvalue weighted by Crippen LogP contribution is -2.38. The largest absolute Gasteiger partial charge is 0.496 e. The zero-order valence-electron chi connectivity index (χ0n) is 18.0. The van der Waals surface area contributed by atoms with E-state index in [0.717, 1.165) is 55.6 Å². The summed E-state index contributed by atoms with van der Waals surface area (Å²) in [5.74, 6) is 3.30. The minimum Gasteiger partial charge on any atom is -0.496 e. The predicted octanol–water partition coefficient (Wildman–Crippen LogP) is 3.44. The standard InChI is InChI=1S/C23H33N3O3/c1-5-29-22-17-18(12-13-21(22)28-4)9-8-15-25-23(24-2)26-16-14-19-10-6-7-11-20(19)27-3/h6-7,10-13,17H,5,8-9,14-16H2,1-4H3,(H2,24,25,26). The van der Waals surface area contributed by atoms with E-state index in [1.165, 1.54) is 11.1 Å². The Bertz CT molecular complexity index is 778. The molecule has 0 aliphatic rings. The number of para-hydroxylation sites is 1. The smallest absolute Gasteiger partial charge is 0.190 e. The second-order valence-electron chi connectivity index (χ2n) is 6.51. The van der Waals surface area contributed by atoms with Crippen LogP contribution >= 0.6 is 0 Å². The van der Waals surface area contributed by atoms with E-state index in [-0.39, 0.29) is 0 Å². The van der Waals surface area contributed by atoms with Gasteiger partial charge in [0.1, 0.15) is 5.75 Å². The molecule has 2 aromatic carbocycles. The molecule has 0 radical (unpaired) electrons. The monoisotopic (exact) mass is 399 g/mol. The lowest BCUT2D eigenvalue weighted by molar-refractivity contribution is 0.310. The van der Waals surface area contributed by atoms with Crippen LogP contribution in [0.2, 0.25) is 0 Å². The number of aryl methyl sites for hydroxylation is 1. The number of guanidine groups is 1. The molecule has 0 saturated carbocycles. The van der Waals surface area contributed by atoms with Crippen LogP contribution in [-0.4, -0.2) is 46.9 Å². The zero-order valence-corrected chi connectivity index (χ0v) is 18.0. The van der Waals surface area contributed by atoms with Gasteiger partial charge in [0.05, 0.1) is 20.8 Å². The van der Waals surface area contributed by atoms with Gasteiger partial charge in [-0.2, -0.15) is 0 Å². The summed E-state index contributed by atoms with van der Waals surface area (Å²) in [5, 5.41) is 6.72. The number of hydrogen-bond donors (Lipinski definition) is 2. The van der Waals surface area contributed by atoms with Gasteiger partial charge >= 0.3 is 0 Å². The third-order valence-corrected chi connectivity index (χ3v) is 4.57. The van der Waals surface area contributed by atoms with E-state index in [1.807, 2.05) is 31.2 Å². The van der Waals surface area contributed by atoms with Crippen molar-refractivity contribution in [1.82, 2.24) is 10.6 Å². The Kier molecular flexibility index (Phi) is 9.69. The fraction of sp³-hybridized carbons (Fsp3) is 0.435. The van der Waals surface area contributed by atoms with Crippen molar-refractivity contribution >= 4 is 5.96 Å². The fourth-order valence-corrected chi connectivity index (χ4v) is 3.09. The molecular weight excluding hydrogens is 366 g/mol. The molecule has 2 rings (SSSR count). The summed E-state index contributed by atoms with van der Waals surface area (Å²) >= 11 is 0. The van der Waals surface area contributed by atoms with Gasteiger partial charge in [-0.25, -0.2) is 0 Å². The highest BCUT2D eigenvalue weighted by molar-refractivity contribution is 5.79. The van der Waals surface area contributed by atoms with Crippen LogP contribution in [0.15, 0.2) is 47.5 Å². The van der Waals surface area contributed by atoms with Crippen LogP contribution in [0.1, 0.15) is 24.5 Å². The molecule has 158 valence electrons. The number of nitrogens with zero attached hydrogens (tertiary/aromatic N) is 1. The number of hydrogen-bond acceptors (Lipinski definition) is 4. The van der Waals surface area contributed by atoms with Gasteiger partial charge in [0.2, 0.25) is 0 Å². The minimum atomic E-state index is 0.623. The first-order valence-corrected chi connectivity index (χ1v) is 10.1. The van der Waals surface area contributed by atoms with Crippen molar-refractivity contribution in [3.8, 4) is 17.2 Å². The zero-order chi connectivity index (χ0) is 20.9. The molecule has 2 N–H and O–H groups in total. The number of benzene rings is 2. The van der Waals surface area contributed by atoms with Crippen LogP contribution in [-0.2, 0) is 12.8 Å². The van der Waals surface area contributed by atoms with Gasteiger partial charge in [-0.3, -0.25) is 4.99 Å². The summed E-state index contributed by atoms with van der Waals surface area (Å²) in [7, 11) is 5.15. The third-order valence-electron chi connectivity index (χ3n) is 4.57. The Hall–Kier alpha value is -2.89. The van der Waals surface area contributed by atoms with Crippen molar-refractivity contribution < 1.29 is 14.2 Å². The Morgan fingerprint density at radius 1 is 0.897 bits per heavy atom. The molecule has 0 fully saturated rings. The van der Waals surface area contributed by atoms with Crippen molar-refractivity contribution in [2.45, 2.75) is 26.2 Å². The molecule has 29 heavy (non-hydrogen) atoms. The molecule has 0 bridgehead atoms. The van der Waals surface area contributed by atoms with Crippen molar-refractivity contribution in [3.05, 3.63) is 53.6 Å². The summed E-state index contributed by atoms with van der Waals surface area (Å²) in [6.45, 7) is 4.22. The Morgan fingerprint density at radius 3 is 2.38 bits per heavy atom. The maximum atomic E-state index is 5.65. The average Bonchev–Trinajstić information content (AvgIpc) is 2.76. The predicted molar refractivity (Wildman–Crippen MR) is 119 cm³/mol. The van der Waals surface area contributed by atoms with Crippen LogP contribution < -0.4 is 24.8 Å². The van der Waals surface area contributed by atoms with Crippen LogP contribution in [0.5, 0.6) is 17.2 Å². The molecule has 0 saturated heterocycles. The van der Waals surface area contributed by atoms with E-state index < -0.39 is 0 Å². The lowest BCUT2D eigenvalue weighted by atomic mass is 10.1. The highest BCUT2D eigenvalue weighted by Gasteiger charge is 2.06. The average molecular weight is 400 g/mol. The summed E-state index contributed by atoms with van der Waals surface area (Å²) in [4.78, 5) is 4.29. The molecule has 0 aromatic heterocycles. The number of ether oxygens (including phenoxy) is 3. The molecule has 0 amide bonds. The molecule has 0 unspecified atom stereocenters. The summed E-state index contributed by atoms with van der Waals surface area (Å²) in [6, 6.07) is 14.2. The lowest BCUT2D eigenvalue weighted by Gasteiger charge is -2.14. The highest BCUT2D eigenvalue weighted by atomic mass is 16.5. The number of aliphatic imine (C=N–C) groups is 1. The van der Waals surface area contributed by atoms with Crippen molar-refractivity contribution in [2.24, 2.45) is 4.99 Å². The first-order valence-electron chi connectivity index (χ1n) is 10.1. The fourth-order valence-electron chi connectivity index (χ4n) is 3.09. The quantitative estimate of drug-likeness (QED) is 0.344. The van der Waals surface area contributed by atoms with Crippen molar-refractivity contribution in [2.75, 3.05) is 41.0 Å². The van der Waals surface area contributed by atoms with Gasteiger partial charge < -0.3 is 24.8 Å². The molecule has 6 heteroatoms. The summed E-state index contributed by atoms with van der Waals surface area (Å²) in [6.07, 6.45) is 2.82. The molecule has 0 heterocycles. The molecule has 6 nitrogen and oxygen atoms in total. The van der Waals surface area contributed by atoms with Crippen molar-refractivity contribution in [1.29, 1.82) is 0 Å². The first-order chi connectivity index (χ1) is 14.2. The molecule has 0 spiro atoms. The van der Waals surface area contributed by atoms with E-state index in [1.54, 1.807) is 21.3 Å². The number of nitrogens with one attached hydrogen (secondary N) is 2. The van der Waals surface area contributed by atoms with E-state index in [2.05, 4.69) is 33.8 Å². The highest BCUT2D eigenvalue weighted by Crippen LogP contribution is 2.28. The van der Waals surface area contributed by atoms with Crippen LogP contribution in [0, 0.1) is 0 Å². The Balaban J connectivity index is 1.74. The van der Waals surface area contributed by atoms with Gasteiger partial charge in [-0.05, 0) is 55.5 Å². The molecular formula is C23H33N3O3. The van der Waals surface area contributed by atoms with Gasteiger partial charge in [-0.15, -0.1) is 0 Å². The van der Waals surface area contributed by atoms with Crippen LogP contribution in [0.3, 0.4) is 0 Å². The molecule has 0 atom stereocenters. The van der Waals surface area contributed by atoms with E-state index in [4.69, 9.17) is 14.2 Å². The molecule has 2 aromatic rings. The van der Waals surface area contributed by atoms with Crippen LogP contribution in [0.25, 0.3) is 0 Å². The topological polar surface area (TPSA) is 64.1 Å². The maximum Gasteiger partial charge on any atom is 0.190 e. The second kappa shape index (κ2) is 12.5. The first kappa shape index (κ1) is 22.4. The van der Waals surface area contributed by atoms with Crippen LogP contribution in [0.4, 0.5) is 0 Å². The second-order valence-corrected chi connectivity index (χ2v) is 6.51. The molecule has 0 aliphatic heterocycles. The van der Waals surface area contributed by atoms with E-state index >= 15 is 0 Å². The van der Waals surface area contributed by atoms with Crippen molar-refractivity contribution in [3.63, 3.8) is 0 Å². The van der Waals surface area contributed by atoms with Gasteiger partial charge in [-0.1, -0.05) is 24.3 Å².